The van der Waals surface area contributed by atoms with Crippen LogP contribution < -0.4 is 0 Å². The van der Waals surface area contributed by atoms with E-state index in [1.807, 2.05) is 0 Å². The Balaban J connectivity index is 2.18. The lowest BCUT2D eigenvalue weighted by Gasteiger charge is -2.52. The van der Waals surface area contributed by atoms with Gasteiger partial charge in [0.05, 0.1) is 13.2 Å². The summed E-state index contributed by atoms with van der Waals surface area (Å²) in [6.07, 6.45) is 2.86. The molecule has 3 nitrogen and oxygen atoms in total. The first-order chi connectivity index (χ1) is 7.85. The van der Waals surface area contributed by atoms with Crippen LogP contribution in [0.1, 0.15) is 47.0 Å². The van der Waals surface area contributed by atoms with Crippen molar-refractivity contribution in [3.05, 3.63) is 0 Å². The Hall–Kier alpha value is -0.120. The van der Waals surface area contributed by atoms with Gasteiger partial charge in [0.25, 0.3) is 0 Å². The van der Waals surface area contributed by atoms with Gasteiger partial charge in [0.1, 0.15) is 6.10 Å². The Morgan fingerprint density at radius 2 is 1.76 bits per heavy atom. The first kappa shape index (κ1) is 13.3. The van der Waals surface area contributed by atoms with Crippen molar-refractivity contribution in [1.29, 1.82) is 0 Å². The second-order valence-corrected chi connectivity index (χ2v) is 6.82. The van der Waals surface area contributed by atoms with Gasteiger partial charge in [-0.2, -0.15) is 0 Å². The molecule has 17 heavy (non-hydrogen) atoms. The summed E-state index contributed by atoms with van der Waals surface area (Å²) in [5, 5.41) is 9.53. The number of hydrogen-bond acceptors (Lipinski definition) is 3. The summed E-state index contributed by atoms with van der Waals surface area (Å²) in [5.41, 5.74) is 0.272. The van der Waals surface area contributed by atoms with E-state index in [9.17, 15) is 5.11 Å². The van der Waals surface area contributed by atoms with Crippen molar-refractivity contribution in [3.8, 4) is 0 Å². The minimum atomic E-state index is -0.460. The molecule has 1 saturated carbocycles. The van der Waals surface area contributed by atoms with E-state index in [1.165, 1.54) is 6.42 Å². The van der Waals surface area contributed by atoms with Gasteiger partial charge in [-0.05, 0) is 24.2 Å². The van der Waals surface area contributed by atoms with Crippen molar-refractivity contribution < 1.29 is 14.6 Å². The molecule has 1 unspecified atom stereocenters. The lowest BCUT2D eigenvalue weighted by atomic mass is 9.66. The van der Waals surface area contributed by atoms with Crippen LogP contribution in [0.3, 0.4) is 0 Å². The summed E-state index contributed by atoms with van der Waals surface area (Å²) in [5.74, 6) is 0.555. The Labute approximate surface area is 104 Å². The van der Waals surface area contributed by atoms with Crippen LogP contribution in [0.25, 0.3) is 0 Å². The molecule has 100 valence electrons. The monoisotopic (exact) mass is 242 g/mol. The molecule has 3 heteroatoms. The summed E-state index contributed by atoms with van der Waals surface area (Å²) >= 11 is 0. The second-order valence-electron chi connectivity index (χ2n) is 6.82. The maximum Gasteiger partial charge on any atom is 0.172 e. The van der Waals surface area contributed by atoms with Crippen molar-refractivity contribution in [3.63, 3.8) is 0 Å². The first-order valence-corrected chi connectivity index (χ1v) is 6.81. The molecule has 1 saturated heterocycles. The summed E-state index contributed by atoms with van der Waals surface area (Å²) in [6, 6.07) is 0. The standard InChI is InChI=1S/C14H26O3/c1-10(2)12-5-6-13(3,4)9-14(12)16-7-11(15)8-17-14/h10-12,15H,5-9H2,1-4H3. The zero-order chi connectivity index (χ0) is 12.7. The molecular weight excluding hydrogens is 216 g/mol. The van der Waals surface area contributed by atoms with Gasteiger partial charge in [-0.1, -0.05) is 27.7 Å². The maximum atomic E-state index is 9.53. The third kappa shape index (κ3) is 2.67. The van der Waals surface area contributed by atoms with Gasteiger partial charge in [-0.3, -0.25) is 0 Å². The normalized spacial score (nSPS) is 42.0. The quantitative estimate of drug-likeness (QED) is 0.768. The molecule has 0 bridgehead atoms. The van der Waals surface area contributed by atoms with Crippen LogP contribution in [0.15, 0.2) is 0 Å². The van der Waals surface area contributed by atoms with Crippen LogP contribution in [0.2, 0.25) is 0 Å². The fourth-order valence-electron chi connectivity index (χ4n) is 3.37. The highest BCUT2D eigenvalue weighted by molar-refractivity contribution is 4.94. The molecule has 1 heterocycles. The lowest BCUT2D eigenvalue weighted by molar-refractivity contribution is -0.342. The topological polar surface area (TPSA) is 38.7 Å². The van der Waals surface area contributed by atoms with Crippen LogP contribution in [-0.4, -0.2) is 30.2 Å². The largest absolute Gasteiger partial charge is 0.388 e. The van der Waals surface area contributed by atoms with Crippen LogP contribution in [0.5, 0.6) is 0 Å². The second kappa shape index (κ2) is 4.52. The molecule has 1 aliphatic carbocycles. The van der Waals surface area contributed by atoms with E-state index >= 15 is 0 Å². The van der Waals surface area contributed by atoms with Crippen LogP contribution in [0, 0.1) is 17.3 Å². The predicted octanol–water partition coefficient (Wildman–Crippen LogP) is 2.57. The molecule has 0 amide bonds. The minimum absolute atomic E-state index is 0.272. The Bertz CT molecular complexity index is 265. The molecule has 2 rings (SSSR count). The van der Waals surface area contributed by atoms with Crippen molar-refractivity contribution >= 4 is 0 Å². The smallest absolute Gasteiger partial charge is 0.172 e. The fourth-order valence-corrected chi connectivity index (χ4v) is 3.37. The molecule has 0 aromatic rings. The van der Waals surface area contributed by atoms with Crippen molar-refractivity contribution in [2.24, 2.45) is 17.3 Å². The van der Waals surface area contributed by atoms with Crippen molar-refractivity contribution in [2.75, 3.05) is 13.2 Å². The van der Waals surface area contributed by atoms with Crippen molar-refractivity contribution in [1.82, 2.24) is 0 Å². The average molecular weight is 242 g/mol. The summed E-state index contributed by atoms with van der Waals surface area (Å²) in [7, 11) is 0. The van der Waals surface area contributed by atoms with Gasteiger partial charge < -0.3 is 14.6 Å². The van der Waals surface area contributed by atoms with Gasteiger partial charge in [0.15, 0.2) is 5.79 Å². The molecular formula is C14H26O3. The zero-order valence-corrected chi connectivity index (χ0v) is 11.5. The van der Waals surface area contributed by atoms with E-state index in [4.69, 9.17) is 9.47 Å². The third-order valence-corrected chi connectivity index (χ3v) is 4.27. The van der Waals surface area contributed by atoms with E-state index in [2.05, 4.69) is 27.7 Å². The molecule has 1 atom stereocenters. The summed E-state index contributed by atoms with van der Waals surface area (Å²) < 4.78 is 11.9. The van der Waals surface area contributed by atoms with Crippen LogP contribution in [0.4, 0.5) is 0 Å². The van der Waals surface area contributed by atoms with Crippen LogP contribution >= 0.6 is 0 Å². The van der Waals surface area contributed by atoms with E-state index in [0.717, 1.165) is 12.8 Å². The van der Waals surface area contributed by atoms with Crippen molar-refractivity contribution in [2.45, 2.75) is 58.8 Å². The van der Waals surface area contributed by atoms with Gasteiger partial charge in [0, 0.05) is 12.3 Å². The summed E-state index contributed by atoms with van der Waals surface area (Å²) in [6.45, 7) is 9.87. The molecule has 1 aliphatic heterocycles. The Morgan fingerprint density at radius 3 is 2.29 bits per heavy atom. The predicted molar refractivity (Wildman–Crippen MR) is 66.6 cm³/mol. The van der Waals surface area contributed by atoms with Gasteiger partial charge in [0.2, 0.25) is 0 Å². The maximum absolute atomic E-state index is 9.53. The number of hydrogen-bond donors (Lipinski definition) is 1. The van der Waals surface area contributed by atoms with E-state index in [-0.39, 0.29) is 5.41 Å². The minimum Gasteiger partial charge on any atom is -0.388 e. The average Bonchev–Trinajstić information content (AvgIpc) is 2.21. The lowest BCUT2D eigenvalue weighted by Crippen LogP contribution is -2.56. The van der Waals surface area contributed by atoms with E-state index < -0.39 is 11.9 Å². The fraction of sp³-hybridized carbons (Fsp3) is 1.00. The molecule has 0 radical (unpaired) electrons. The first-order valence-electron chi connectivity index (χ1n) is 6.81. The SMILES string of the molecule is CC(C)C1CCC(C)(C)CC12OCC(O)CO2. The van der Waals surface area contributed by atoms with Crippen LogP contribution in [-0.2, 0) is 9.47 Å². The number of aliphatic hydroxyl groups excluding tert-OH is 1. The van der Waals surface area contributed by atoms with E-state index in [0.29, 0.717) is 25.0 Å². The molecule has 0 aromatic carbocycles. The van der Waals surface area contributed by atoms with E-state index in [1.54, 1.807) is 0 Å². The highest BCUT2D eigenvalue weighted by Gasteiger charge is 2.51. The zero-order valence-electron chi connectivity index (χ0n) is 11.5. The van der Waals surface area contributed by atoms with Gasteiger partial charge in [-0.25, -0.2) is 0 Å². The molecule has 1 N–H and O–H groups in total. The highest BCUT2D eigenvalue weighted by atomic mass is 16.7. The van der Waals surface area contributed by atoms with Gasteiger partial charge in [-0.15, -0.1) is 0 Å². The number of ether oxygens (including phenoxy) is 2. The molecule has 2 fully saturated rings. The molecule has 2 aliphatic rings. The highest BCUT2D eigenvalue weighted by Crippen LogP contribution is 2.50. The number of aliphatic hydroxyl groups is 1. The number of rotatable bonds is 1. The van der Waals surface area contributed by atoms with Gasteiger partial charge >= 0.3 is 0 Å². The summed E-state index contributed by atoms with van der Waals surface area (Å²) in [4.78, 5) is 0. The molecule has 0 aromatic heterocycles. The third-order valence-electron chi connectivity index (χ3n) is 4.27. The molecule has 1 spiro atoms. The Kier molecular flexibility index (Phi) is 3.54. The Morgan fingerprint density at radius 1 is 1.18 bits per heavy atom.